The van der Waals surface area contributed by atoms with Crippen LogP contribution in [0.4, 0.5) is 5.69 Å². The van der Waals surface area contributed by atoms with Crippen LogP contribution in [0.15, 0.2) is 60.7 Å². The van der Waals surface area contributed by atoms with Crippen LogP contribution in [0.3, 0.4) is 0 Å². The predicted molar refractivity (Wildman–Crippen MR) is 117 cm³/mol. The average molecular weight is 424 g/mol. The van der Waals surface area contributed by atoms with Gasteiger partial charge >= 0.3 is 0 Å². The smallest absolute Gasteiger partial charge is 0.232 e. The van der Waals surface area contributed by atoms with E-state index in [9.17, 15) is 4.79 Å². The predicted octanol–water partition coefficient (Wildman–Crippen LogP) is 5.04. The van der Waals surface area contributed by atoms with E-state index >= 15 is 0 Å². The van der Waals surface area contributed by atoms with Crippen molar-refractivity contribution < 1.29 is 19.0 Å². The van der Waals surface area contributed by atoms with Crippen molar-refractivity contribution >= 4 is 23.2 Å². The number of halogens is 1. The molecule has 1 amide bonds. The second-order valence-corrected chi connectivity index (χ2v) is 7.44. The third-order valence-electron chi connectivity index (χ3n) is 5.34. The van der Waals surface area contributed by atoms with Gasteiger partial charge in [0.2, 0.25) is 5.91 Å². The molecule has 0 saturated heterocycles. The van der Waals surface area contributed by atoms with E-state index in [-0.39, 0.29) is 18.4 Å². The topological polar surface area (TPSA) is 48.0 Å². The maximum absolute atomic E-state index is 13.3. The van der Waals surface area contributed by atoms with Gasteiger partial charge in [-0.3, -0.25) is 4.79 Å². The van der Waals surface area contributed by atoms with Crippen LogP contribution < -0.4 is 19.1 Å². The fourth-order valence-corrected chi connectivity index (χ4v) is 4.01. The molecule has 6 heteroatoms. The molecule has 0 saturated carbocycles. The zero-order chi connectivity index (χ0) is 21.3. The summed E-state index contributed by atoms with van der Waals surface area (Å²) in [6.07, 6.45) is 0.270. The van der Waals surface area contributed by atoms with Crippen molar-refractivity contribution in [3.63, 3.8) is 0 Å². The molecule has 4 rings (SSSR count). The lowest BCUT2D eigenvalue weighted by Gasteiger charge is -2.38. The maximum Gasteiger partial charge on any atom is 0.232 e. The summed E-state index contributed by atoms with van der Waals surface area (Å²) in [6, 6.07) is 18.6. The molecule has 1 atom stereocenters. The molecular formula is C24H22ClNO4. The van der Waals surface area contributed by atoms with E-state index in [0.717, 1.165) is 28.1 Å². The lowest BCUT2D eigenvalue weighted by atomic mass is 9.87. The minimum Gasteiger partial charge on any atom is -0.497 e. The number of methoxy groups -OCH3 is 3. The Morgan fingerprint density at radius 3 is 2.10 bits per heavy atom. The van der Waals surface area contributed by atoms with Crippen LogP contribution in [-0.2, 0) is 11.2 Å². The lowest BCUT2D eigenvalue weighted by molar-refractivity contribution is -0.118. The second kappa shape index (κ2) is 8.28. The minimum absolute atomic E-state index is 0.000151. The molecule has 0 radical (unpaired) electrons. The zero-order valence-electron chi connectivity index (χ0n) is 17.0. The van der Waals surface area contributed by atoms with Gasteiger partial charge in [0.15, 0.2) is 11.5 Å². The average Bonchev–Trinajstić information content (AvgIpc) is 2.78. The van der Waals surface area contributed by atoms with E-state index in [2.05, 4.69) is 0 Å². The van der Waals surface area contributed by atoms with Crippen molar-refractivity contribution in [1.82, 2.24) is 0 Å². The van der Waals surface area contributed by atoms with Gasteiger partial charge in [-0.15, -0.1) is 0 Å². The normalized spacial score (nSPS) is 15.5. The van der Waals surface area contributed by atoms with Crippen molar-refractivity contribution in [1.29, 1.82) is 0 Å². The van der Waals surface area contributed by atoms with Crippen LogP contribution in [0.25, 0.3) is 0 Å². The Hall–Kier alpha value is -3.18. The van der Waals surface area contributed by atoms with E-state index in [4.69, 9.17) is 25.8 Å². The van der Waals surface area contributed by atoms with Gasteiger partial charge in [0.25, 0.3) is 0 Å². The molecular weight excluding hydrogens is 402 g/mol. The van der Waals surface area contributed by atoms with Gasteiger partial charge in [0.1, 0.15) is 5.75 Å². The lowest BCUT2D eigenvalue weighted by Crippen LogP contribution is -2.41. The number of anilines is 1. The van der Waals surface area contributed by atoms with Crippen molar-refractivity contribution in [2.24, 2.45) is 0 Å². The maximum atomic E-state index is 13.3. The van der Waals surface area contributed by atoms with E-state index < -0.39 is 0 Å². The molecule has 1 heterocycles. The van der Waals surface area contributed by atoms with Crippen LogP contribution in [0.1, 0.15) is 22.7 Å². The highest BCUT2D eigenvalue weighted by Gasteiger charge is 2.35. The molecule has 3 aromatic carbocycles. The summed E-state index contributed by atoms with van der Waals surface area (Å²) >= 11 is 6.12. The third-order valence-corrected chi connectivity index (χ3v) is 5.60. The Morgan fingerprint density at radius 1 is 0.867 bits per heavy atom. The van der Waals surface area contributed by atoms with Crippen molar-refractivity contribution in [3.05, 3.63) is 82.4 Å². The first-order valence-electron chi connectivity index (χ1n) is 9.52. The van der Waals surface area contributed by atoms with Gasteiger partial charge in [-0.2, -0.15) is 0 Å². The van der Waals surface area contributed by atoms with Gasteiger partial charge in [-0.05, 0) is 65.2 Å². The summed E-state index contributed by atoms with van der Waals surface area (Å²) in [5.74, 6) is 1.97. The summed E-state index contributed by atoms with van der Waals surface area (Å²) in [5.41, 5.74) is 3.66. The number of hydrogen-bond acceptors (Lipinski definition) is 4. The number of amides is 1. The summed E-state index contributed by atoms with van der Waals surface area (Å²) in [5, 5.41) is 0.643. The van der Waals surface area contributed by atoms with Gasteiger partial charge in [0.05, 0.1) is 33.8 Å². The second-order valence-electron chi connectivity index (χ2n) is 7.00. The van der Waals surface area contributed by atoms with Crippen LogP contribution >= 0.6 is 11.6 Å². The first kappa shape index (κ1) is 20.1. The van der Waals surface area contributed by atoms with Crippen LogP contribution in [0.2, 0.25) is 5.02 Å². The molecule has 0 spiro atoms. The highest BCUT2D eigenvalue weighted by atomic mass is 35.5. The third kappa shape index (κ3) is 3.57. The monoisotopic (exact) mass is 423 g/mol. The minimum atomic E-state index is -0.327. The van der Waals surface area contributed by atoms with Crippen LogP contribution in [0.5, 0.6) is 17.2 Å². The Bertz CT molecular complexity index is 1060. The number of rotatable bonds is 5. The van der Waals surface area contributed by atoms with Crippen molar-refractivity contribution in [3.8, 4) is 17.2 Å². The molecule has 30 heavy (non-hydrogen) atoms. The molecule has 0 bridgehead atoms. The standard InChI is InChI=1S/C24H22ClNO4/c1-28-19-10-8-18(9-11-19)26-23(27)13-16-12-21(29-2)22(30-3)14-20(16)24(26)15-4-6-17(25)7-5-15/h4-12,14,24H,13H2,1-3H3. The molecule has 0 aromatic heterocycles. The molecule has 154 valence electrons. The fourth-order valence-electron chi connectivity index (χ4n) is 3.89. The number of carbonyl (C=O) groups excluding carboxylic acids is 1. The number of hydrogen-bond donors (Lipinski definition) is 0. The van der Waals surface area contributed by atoms with Gasteiger partial charge in [-0.1, -0.05) is 23.7 Å². The van der Waals surface area contributed by atoms with Gasteiger partial charge in [-0.25, -0.2) is 0 Å². The number of fused-ring (bicyclic) bond motifs is 1. The van der Waals surface area contributed by atoms with Crippen molar-refractivity contribution in [2.45, 2.75) is 12.5 Å². The number of carbonyl (C=O) groups is 1. The van der Waals surface area contributed by atoms with E-state index in [1.165, 1.54) is 0 Å². The summed E-state index contributed by atoms with van der Waals surface area (Å²) in [6.45, 7) is 0. The number of ether oxygens (including phenoxy) is 3. The van der Waals surface area contributed by atoms with Crippen LogP contribution in [0, 0.1) is 0 Å². The highest BCUT2D eigenvalue weighted by Crippen LogP contribution is 2.43. The molecule has 0 aliphatic carbocycles. The first-order valence-corrected chi connectivity index (χ1v) is 9.90. The Kier molecular flexibility index (Phi) is 5.55. The molecule has 3 aromatic rings. The van der Waals surface area contributed by atoms with Gasteiger partial charge in [0, 0.05) is 10.7 Å². The number of benzene rings is 3. The quantitative estimate of drug-likeness (QED) is 0.576. The molecule has 1 aliphatic heterocycles. The molecule has 0 N–H and O–H groups in total. The Labute approximate surface area is 180 Å². The summed E-state index contributed by atoms with van der Waals surface area (Å²) < 4.78 is 16.3. The Balaban J connectivity index is 1.91. The largest absolute Gasteiger partial charge is 0.497 e. The van der Waals surface area contributed by atoms with E-state index in [1.54, 1.807) is 21.3 Å². The first-order chi connectivity index (χ1) is 14.5. The summed E-state index contributed by atoms with van der Waals surface area (Å²) in [4.78, 5) is 15.1. The fraction of sp³-hybridized carbons (Fsp3) is 0.208. The molecule has 1 aliphatic rings. The van der Waals surface area contributed by atoms with Gasteiger partial charge < -0.3 is 19.1 Å². The summed E-state index contributed by atoms with van der Waals surface area (Å²) in [7, 11) is 4.82. The SMILES string of the molecule is COc1ccc(N2C(=O)Cc3cc(OC)c(OC)cc3C2c2ccc(Cl)cc2)cc1. The van der Waals surface area contributed by atoms with E-state index in [0.29, 0.717) is 16.5 Å². The molecule has 0 fully saturated rings. The molecule has 5 nitrogen and oxygen atoms in total. The van der Waals surface area contributed by atoms with Crippen LogP contribution in [-0.4, -0.2) is 27.2 Å². The number of nitrogens with zero attached hydrogens (tertiary/aromatic N) is 1. The Morgan fingerprint density at radius 2 is 1.50 bits per heavy atom. The highest BCUT2D eigenvalue weighted by molar-refractivity contribution is 6.30. The molecule has 1 unspecified atom stereocenters. The zero-order valence-corrected chi connectivity index (χ0v) is 17.8. The van der Waals surface area contributed by atoms with E-state index in [1.807, 2.05) is 65.6 Å². The van der Waals surface area contributed by atoms with Crippen molar-refractivity contribution in [2.75, 3.05) is 26.2 Å².